The molecule has 230 valence electrons. The molecule has 10 nitrogen and oxygen atoms in total. The maximum absolute atomic E-state index is 14.2. The van der Waals surface area contributed by atoms with Crippen LogP contribution in [0.1, 0.15) is 68.0 Å². The lowest BCUT2D eigenvalue weighted by Gasteiger charge is -2.33. The summed E-state index contributed by atoms with van der Waals surface area (Å²) in [6, 6.07) is 13.4. The Bertz CT molecular complexity index is 1510. The molecular weight excluding hydrogens is 555 g/mol. The Morgan fingerprint density at radius 3 is 2.56 bits per heavy atom. The highest BCUT2D eigenvalue weighted by Crippen LogP contribution is 2.31. The lowest BCUT2D eigenvalue weighted by Crippen LogP contribution is -2.43. The first-order valence-electron chi connectivity index (χ1n) is 14.4. The third-order valence-electron chi connectivity index (χ3n) is 7.41. The Morgan fingerprint density at radius 1 is 1.19 bits per heavy atom. The highest BCUT2D eigenvalue weighted by molar-refractivity contribution is 5.97. The fourth-order valence-corrected chi connectivity index (χ4v) is 5.04. The second-order valence-corrected chi connectivity index (χ2v) is 10.9. The maximum Gasteiger partial charge on any atom is 0.296 e. The average Bonchev–Trinajstić information content (AvgIpc) is 3.33. The molecule has 0 spiro atoms. The summed E-state index contributed by atoms with van der Waals surface area (Å²) in [7, 11) is 1.68. The molecule has 1 fully saturated rings. The zero-order valence-electron chi connectivity index (χ0n) is 25.3. The van der Waals surface area contributed by atoms with E-state index in [1.54, 1.807) is 31.9 Å². The van der Waals surface area contributed by atoms with Crippen LogP contribution >= 0.6 is 0 Å². The monoisotopic (exact) mass is 594 g/mol. The van der Waals surface area contributed by atoms with Gasteiger partial charge in [-0.1, -0.05) is 36.4 Å². The van der Waals surface area contributed by atoms with E-state index in [9.17, 15) is 18.8 Å². The second-order valence-electron chi connectivity index (χ2n) is 10.9. The van der Waals surface area contributed by atoms with Gasteiger partial charge in [-0.2, -0.15) is 0 Å². The van der Waals surface area contributed by atoms with Crippen molar-refractivity contribution >= 4 is 17.5 Å². The van der Waals surface area contributed by atoms with Crippen LogP contribution in [0.3, 0.4) is 0 Å². The van der Waals surface area contributed by atoms with Crippen LogP contribution in [0.5, 0.6) is 5.75 Å². The Kier molecular flexibility index (Phi) is 10.3. The Morgan fingerprint density at radius 2 is 1.91 bits per heavy atom. The Balaban J connectivity index is 0.000000996. The number of hydrogen-bond donors (Lipinski definition) is 1. The second kappa shape index (κ2) is 13.9. The third kappa shape index (κ3) is 7.29. The van der Waals surface area contributed by atoms with Gasteiger partial charge in [0.2, 0.25) is 11.7 Å². The molecule has 3 heterocycles. The topological polar surface area (TPSA) is 112 Å². The quantitative estimate of drug-likeness (QED) is 0.413. The number of nitrogens with one attached hydrogen (secondary N) is 1. The number of hydrogen-bond acceptors (Lipinski definition) is 7. The van der Waals surface area contributed by atoms with Crippen LogP contribution in [0.4, 0.5) is 10.1 Å². The highest BCUT2D eigenvalue weighted by Gasteiger charge is 2.35. The summed E-state index contributed by atoms with van der Waals surface area (Å²) in [5.74, 6) is -1.02. The van der Waals surface area contributed by atoms with E-state index in [1.807, 2.05) is 44.2 Å². The first-order chi connectivity index (χ1) is 20.6. The molecule has 2 amide bonds. The van der Waals surface area contributed by atoms with Gasteiger partial charge in [0.15, 0.2) is 5.69 Å². The molecule has 1 atom stereocenters. The van der Waals surface area contributed by atoms with Crippen LogP contribution in [0, 0.1) is 5.82 Å². The zero-order valence-corrected chi connectivity index (χ0v) is 25.3. The van der Waals surface area contributed by atoms with Gasteiger partial charge in [-0.15, -0.1) is 0 Å². The van der Waals surface area contributed by atoms with Crippen LogP contribution in [-0.2, 0) is 39.6 Å². The molecule has 3 aromatic rings. The third-order valence-corrected chi connectivity index (χ3v) is 7.41. The number of methoxy groups -OCH3 is 1. The molecule has 0 aliphatic carbocycles. The fourth-order valence-electron chi connectivity index (χ4n) is 5.04. The fraction of sp³-hybridized carbons (Fsp3) is 0.438. The van der Waals surface area contributed by atoms with Crippen molar-refractivity contribution in [2.75, 3.05) is 25.2 Å². The van der Waals surface area contributed by atoms with E-state index in [4.69, 9.17) is 9.47 Å². The van der Waals surface area contributed by atoms with Gasteiger partial charge in [0.25, 0.3) is 11.5 Å². The number of carbonyl (C=O) groups excluding carboxylic acids is 2. The predicted octanol–water partition coefficient (Wildman–Crippen LogP) is 4.32. The Hall–Kier alpha value is -4.09. The molecular formula is C32H39FN4O6. The van der Waals surface area contributed by atoms with Gasteiger partial charge in [-0.05, 0) is 57.4 Å². The largest absolute Gasteiger partial charge is 0.481 e. The number of rotatable bonds is 8. The molecule has 0 radical (unpaired) electrons. The lowest BCUT2D eigenvalue weighted by atomic mass is 10.1. The minimum absolute atomic E-state index is 0.0109. The van der Waals surface area contributed by atoms with Gasteiger partial charge < -0.3 is 24.4 Å². The molecule has 43 heavy (non-hydrogen) atoms. The van der Waals surface area contributed by atoms with Crippen LogP contribution < -0.4 is 20.5 Å². The number of benzene rings is 2. The number of nitrogens with zero attached hydrogens (tertiary/aromatic N) is 3. The minimum atomic E-state index is -0.888. The van der Waals surface area contributed by atoms with Crippen molar-refractivity contribution in [1.29, 1.82) is 0 Å². The van der Waals surface area contributed by atoms with Crippen LogP contribution in [0.2, 0.25) is 0 Å². The van der Waals surface area contributed by atoms with E-state index in [1.165, 1.54) is 16.7 Å². The maximum atomic E-state index is 14.2. The molecule has 1 saturated heterocycles. The smallest absolute Gasteiger partial charge is 0.296 e. The summed E-state index contributed by atoms with van der Waals surface area (Å²) in [6.45, 7) is 8.94. The summed E-state index contributed by atoms with van der Waals surface area (Å²) in [5, 5.41) is 2.80. The number of amides is 2. The molecule has 1 unspecified atom stereocenters. The molecule has 0 saturated carbocycles. The van der Waals surface area contributed by atoms with Gasteiger partial charge in [-0.3, -0.25) is 19.0 Å². The van der Waals surface area contributed by atoms with Crippen LogP contribution in [-0.4, -0.2) is 47.7 Å². The van der Waals surface area contributed by atoms with E-state index in [2.05, 4.69) is 15.0 Å². The van der Waals surface area contributed by atoms with Crippen molar-refractivity contribution in [2.24, 2.45) is 0 Å². The average molecular weight is 595 g/mol. The normalized spacial score (nSPS) is 17.1. The summed E-state index contributed by atoms with van der Waals surface area (Å²) in [5.41, 5.74) is 0.304. The molecule has 1 aromatic heterocycles. The number of fused-ring (bicyclic) bond motifs is 1. The van der Waals surface area contributed by atoms with E-state index >= 15 is 0 Å². The molecule has 2 aliphatic heterocycles. The molecule has 2 aliphatic rings. The summed E-state index contributed by atoms with van der Waals surface area (Å²) in [4.78, 5) is 45.7. The van der Waals surface area contributed by atoms with E-state index in [0.29, 0.717) is 36.5 Å². The number of ether oxygens (including phenoxy) is 3. The number of aromatic nitrogens is 2. The van der Waals surface area contributed by atoms with Gasteiger partial charge in [0, 0.05) is 32.7 Å². The molecule has 5 rings (SSSR count). The first kappa shape index (κ1) is 31.8. The van der Waals surface area contributed by atoms with Crippen molar-refractivity contribution in [3.63, 3.8) is 0 Å². The molecule has 1 N–H and O–H groups in total. The van der Waals surface area contributed by atoms with E-state index < -0.39 is 22.9 Å². The van der Waals surface area contributed by atoms with Gasteiger partial charge in [-0.25, -0.2) is 9.37 Å². The van der Waals surface area contributed by atoms with Crippen molar-refractivity contribution in [2.45, 2.75) is 71.9 Å². The van der Waals surface area contributed by atoms with Crippen molar-refractivity contribution in [1.82, 2.24) is 14.9 Å². The zero-order chi connectivity index (χ0) is 31.1. The number of anilines is 1. The van der Waals surface area contributed by atoms with Crippen molar-refractivity contribution < 1.29 is 28.2 Å². The minimum Gasteiger partial charge on any atom is -0.481 e. The predicted molar refractivity (Wildman–Crippen MR) is 160 cm³/mol. The van der Waals surface area contributed by atoms with Gasteiger partial charge in [0.1, 0.15) is 23.8 Å². The number of halogens is 1. The summed E-state index contributed by atoms with van der Waals surface area (Å²) < 4.78 is 31.9. The molecule has 0 bridgehead atoms. The van der Waals surface area contributed by atoms with Crippen molar-refractivity contribution in [3.8, 4) is 5.75 Å². The SMILES string of the molecule is CC1CCC(=O)N1c1cc(F)ccc1CNC(=O)c1nc2n(c(=O)c1OCc1ccccc1)CCOC2(C)C.CCOC. The van der Waals surface area contributed by atoms with Crippen LogP contribution in [0.25, 0.3) is 0 Å². The first-order valence-corrected chi connectivity index (χ1v) is 14.4. The summed E-state index contributed by atoms with van der Waals surface area (Å²) in [6.07, 6.45) is 1.05. The molecule has 11 heteroatoms. The number of carbonyl (C=O) groups is 2. The van der Waals surface area contributed by atoms with Crippen LogP contribution in [0.15, 0.2) is 53.3 Å². The van der Waals surface area contributed by atoms with E-state index in [-0.39, 0.29) is 43.1 Å². The van der Waals surface area contributed by atoms with Gasteiger partial charge in [0.05, 0.1) is 18.8 Å². The van der Waals surface area contributed by atoms with Gasteiger partial charge >= 0.3 is 0 Å². The molecule has 2 aromatic carbocycles. The van der Waals surface area contributed by atoms with E-state index in [0.717, 1.165) is 12.2 Å². The highest BCUT2D eigenvalue weighted by atomic mass is 19.1. The summed E-state index contributed by atoms with van der Waals surface area (Å²) >= 11 is 0. The lowest BCUT2D eigenvalue weighted by molar-refractivity contribution is -0.117. The van der Waals surface area contributed by atoms with Crippen molar-refractivity contribution in [3.05, 3.63) is 87.3 Å². The Labute approximate surface area is 250 Å². The standard InChI is InChI=1S/C29H31FN4O5.C3H8O/c1-18-9-12-23(35)34(18)22-15-21(30)11-10-20(22)16-31-26(36)24-25(38-17-19-7-5-4-6-8-19)27(37)33-13-14-39-29(2,3)28(33)32-24;1-3-4-2/h4-8,10-11,15,18H,9,12-14,16-17H2,1-3H3,(H,31,36);3H2,1-2H3.